The van der Waals surface area contributed by atoms with Gasteiger partial charge in [-0.05, 0) is 6.92 Å². The zero-order valence-electron chi connectivity index (χ0n) is 7.74. The number of rotatable bonds is 4. The fraction of sp³-hybridized carbons (Fsp3) is 0.200. The van der Waals surface area contributed by atoms with Crippen LogP contribution in [0.15, 0.2) is 36.0 Å². The Hall–Kier alpha value is -1.64. The normalized spacial score (nSPS) is 12.2. The molecular formula is C10H12O3. The highest BCUT2D eigenvalue weighted by Crippen LogP contribution is 1.98. The van der Waals surface area contributed by atoms with Crippen LogP contribution in [-0.4, -0.2) is 19.4 Å². The van der Waals surface area contributed by atoms with Crippen molar-refractivity contribution in [2.24, 2.45) is 0 Å². The highest BCUT2D eigenvalue weighted by Gasteiger charge is 2.00. The van der Waals surface area contributed by atoms with Gasteiger partial charge in [-0.3, -0.25) is 4.79 Å². The summed E-state index contributed by atoms with van der Waals surface area (Å²) in [6, 6.07) is 0. The van der Waals surface area contributed by atoms with E-state index in [9.17, 15) is 9.59 Å². The Kier molecular flexibility index (Phi) is 5.19. The molecule has 0 heterocycles. The lowest BCUT2D eigenvalue weighted by Crippen LogP contribution is -2.00. The van der Waals surface area contributed by atoms with Crippen molar-refractivity contribution in [1.82, 2.24) is 0 Å². The minimum atomic E-state index is -0.412. The predicted molar refractivity (Wildman–Crippen MR) is 50.1 cm³/mol. The van der Waals surface area contributed by atoms with Crippen LogP contribution in [0.5, 0.6) is 0 Å². The summed E-state index contributed by atoms with van der Waals surface area (Å²) in [7, 11) is 1.30. The minimum absolute atomic E-state index is 0.412. The first-order valence-electron chi connectivity index (χ1n) is 3.70. The van der Waals surface area contributed by atoms with Gasteiger partial charge in [0.05, 0.1) is 7.11 Å². The Morgan fingerprint density at radius 1 is 1.38 bits per heavy atom. The monoisotopic (exact) mass is 180 g/mol. The molecule has 0 amide bonds. The Bertz CT molecular complexity index is 262. The molecule has 0 N–H and O–H groups in total. The van der Waals surface area contributed by atoms with Crippen molar-refractivity contribution in [3.8, 4) is 0 Å². The molecule has 0 saturated heterocycles. The highest BCUT2D eigenvalue weighted by atomic mass is 16.5. The van der Waals surface area contributed by atoms with E-state index in [1.165, 1.54) is 25.3 Å². The summed E-state index contributed by atoms with van der Waals surface area (Å²) in [5.41, 5.74) is 0.854. The van der Waals surface area contributed by atoms with Crippen molar-refractivity contribution in [2.45, 2.75) is 6.92 Å². The average molecular weight is 180 g/mol. The van der Waals surface area contributed by atoms with Gasteiger partial charge in [0.2, 0.25) is 0 Å². The largest absolute Gasteiger partial charge is 0.466 e. The first-order chi connectivity index (χ1) is 6.15. The zero-order chi connectivity index (χ0) is 10.3. The molecule has 0 saturated carbocycles. The number of esters is 1. The van der Waals surface area contributed by atoms with E-state index in [-0.39, 0.29) is 0 Å². The zero-order valence-corrected chi connectivity index (χ0v) is 7.74. The molecule has 0 spiro atoms. The maximum absolute atomic E-state index is 10.9. The molecule has 0 atom stereocenters. The van der Waals surface area contributed by atoms with Crippen LogP contribution in [0.1, 0.15) is 6.92 Å². The molecule has 0 unspecified atom stereocenters. The van der Waals surface area contributed by atoms with Gasteiger partial charge in [-0.15, -0.1) is 0 Å². The van der Waals surface area contributed by atoms with Gasteiger partial charge < -0.3 is 4.74 Å². The van der Waals surface area contributed by atoms with Gasteiger partial charge in [0.25, 0.3) is 0 Å². The molecule has 3 nitrogen and oxygen atoms in total. The van der Waals surface area contributed by atoms with Crippen molar-refractivity contribution in [3.63, 3.8) is 0 Å². The van der Waals surface area contributed by atoms with Gasteiger partial charge in [0.1, 0.15) is 6.29 Å². The van der Waals surface area contributed by atoms with Crippen molar-refractivity contribution < 1.29 is 14.3 Å². The van der Waals surface area contributed by atoms with E-state index >= 15 is 0 Å². The Balaban J connectivity index is 4.57. The maximum Gasteiger partial charge on any atom is 0.333 e. The second-order valence-corrected chi connectivity index (χ2v) is 2.33. The Morgan fingerprint density at radius 2 is 2.00 bits per heavy atom. The molecule has 0 aromatic carbocycles. The topological polar surface area (TPSA) is 43.4 Å². The smallest absolute Gasteiger partial charge is 0.333 e. The SMILES string of the molecule is C=C/C(C=O)=C\C=C(/C)C(=O)OC. The number of carbonyl (C=O) groups is 2. The van der Waals surface area contributed by atoms with Crippen LogP contribution in [0, 0.1) is 0 Å². The standard InChI is InChI=1S/C10H12O3/c1-4-9(7-11)6-5-8(2)10(12)13-3/h4-7H,1H2,2-3H3/b8-5+,9-6+. The van der Waals surface area contributed by atoms with E-state index in [4.69, 9.17) is 0 Å². The minimum Gasteiger partial charge on any atom is -0.466 e. The third-order valence-electron chi connectivity index (χ3n) is 1.40. The summed E-state index contributed by atoms with van der Waals surface area (Å²) < 4.78 is 4.46. The molecule has 0 bridgehead atoms. The van der Waals surface area contributed by atoms with E-state index in [1.807, 2.05) is 0 Å². The fourth-order valence-electron chi connectivity index (χ4n) is 0.606. The van der Waals surface area contributed by atoms with Gasteiger partial charge >= 0.3 is 5.97 Å². The summed E-state index contributed by atoms with van der Waals surface area (Å²) in [6.07, 6.45) is 5.09. The number of allylic oxidation sites excluding steroid dienone is 4. The summed E-state index contributed by atoms with van der Waals surface area (Å²) >= 11 is 0. The second kappa shape index (κ2) is 5.94. The Morgan fingerprint density at radius 3 is 2.38 bits per heavy atom. The van der Waals surface area contributed by atoms with Crippen molar-refractivity contribution in [3.05, 3.63) is 36.0 Å². The lowest BCUT2D eigenvalue weighted by atomic mass is 10.2. The Labute approximate surface area is 77.4 Å². The maximum atomic E-state index is 10.9. The van der Waals surface area contributed by atoms with E-state index in [1.54, 1.807) is 6.92 Å². The average Bonchev–Trinajstić information content (AvgIpc) is 2.17. The predicted octanol–water partition coefficient (Wildman–Crippen LogP) is 1.42. The number of hydrogen-bond donors (Lipinski definition) is 0. The van der Waals surface area contributed by atoms with Crippen LogP contribution in [0.2, 0.25) is 0 Å². The van der Waals surface area contributed by atoms with Crippen LogP contribution >= 0.6 is 0 Å². The van der Waals surface area contributed by atoms with E-state index in [2.05, 4.69) is 11.3 Å². The number of methoxy groups -OCH3 is 1. The molecule has 0 fully saturated rings. The number of ether oxygens (including phenoxy) is 1. The molecule has 0 radical (unpaired) electrons. The highest BCUT2D eigenvalue weighted by molar-refractivity contribution is 5.88. The third-order valence-corrected chi connectivity index (χ3v) is 1.40. The van der Waals surface area contributed by atoms with Crippen LogP contribution < -0.4 is 0 Å². The van der Waals surface area contributed by atoms with E-state index in [0.29, 0.717) is 17.4 Å². The lowest BCUT2D eigenvalue weighted by Gasteiger charge is -1.95. The van der Waals surface area contributed by atoms with Gasteiger partial charge in [0.15, 0.2) is 0 Å². The second-order valence-electron chi connectivity index (χ2n) is 2.33. The molecule has 0 aromatic rings. The van der Waals surface area contributed by atoms with Crippen LogP contribution in [0.4, 0.5) is 0 Å². The molecule has 13 heavy (non-hydrogen) atoms. The van der Waals surface area contributed by atoms with Crippen molar-refractivity contribution in [2.75, 3.05) is 7.11 Å². The molecule has 0 aromatic heterocycles. The molecule has 0 aliphatic rings. The molecule has 0 rings (SSSR count). The van der Waals surface area contributed by atoms with Gasteiger partial charge in [-0.1, -0.05) is 24.8 Å². The summed E-state index contributed by atoms with van der Waals surface area (Å²) in [4.78, 5) is 21.2. The molecule has 70 valence electrons. The van der Waals surface area contributed by atoms with Crippen molar-refractivity contribution in [1.29, 1.82) is 0 Å². The van der Waals surface area contributed by atoms with E-state index in [0.717, 1.165) is 0 Å². The van der Waals surface area contributed by atoms with Gasteiger partial charge in [-0.2, -0.15) is 0 Å². The van der Waals surface area contributed by atoms with Crippen molar-refractivity contribution >= 4 is 12.3 Å². The van der Waals surface area contributed by atoms with Gasteiger partial charge in [0, 0.05) is 11.1 Å². The van der Waals surface area contributed by atoms with Crippen LogP contribution in [-0.2, 0) is 14.3 Å². The van der Waals surface area contributed by atoms with Gasteiger partial charge in [-0.25, -0.2) is 4.79 Å². The fourth-order valence-corrected chi connectivity index (χ4v) is 0.606. The summed E-state index contributed by atoms with van der Waals surface area (Å²) in [5.74, 6) is -0.412. The van der Waals surface area contributed by atoms with E-state index < -0.39 is 5.97 Å². The molecular weight excluding hydrogens is 168 g/mol. The molecule has 3 heteroatoms. The number of hydrogen-bond acceptors (Lipinski definition) is 3. The lowest BCUT2D eigenvalue weighted by molar-refractivity contribution is -0.136. The molecule has 0 aliphatic heterocycles. The summed E-state index contributed by atoms with van der Waals surface area (Å²) in [6.45, 7) is 5.03. The van der Waals surface area contributed by atoms with Crippen LogP contribution in [0.3, 0.4) is 0 Å². The van der Waals surface area contributed by atoms with Crippen LogP contribution in [0.25, 0.3) is 0 Å². The quantitative estimate of drug-likeness (QED) is 0.284. The number of aldehydes is 1. The number of carbonyl (C=O) groups excluding carboxylic acids is 2. The summed E-state index contributed by atoms with van der Waals surface area (Å²) in [5, 5.41) is 0. The third kappa shape index (κ3) is 4.06. The first-order valence-corrected chi connectivity index (χ1v) is 3.70. The molecule has 0 aliphatic carbocycles. The first kappa shape index (κ1) is 11.4.